The molecule has 0 atom stereocenters. The second-order valence-electron chi connectivity index (χ2n) is 3.64. The number of ether oxygens (including phenoxy) is 1. The summed E-state index contributed by atoms with van der Waals surface area (Å²) in [6.07, 6.45) is 2.02. The lowest BCUT2D eigenvalue weighted by Gasteiger charge is -2.07. The summed E-state index contributed by atoms with van der Waals surface area (Å²) in [5, 5.41) is 8.78. The molecule has 2 aromatic rings. The fraction of sp³-hybridized carbons (Fsp3) is 0.0714. The molecular formula is C14H12N2OS. The number of thioether (sulfide) groups is 1. The van der Waals surface area contributed by atoms with Gasteiger partial charge in [-0.2, -0.15) is 5.26 Å². The van der Waals surface area contributed by atoms with E-state index in [2.05, 4.69) is 0 Å². The second kappa shape index (κ2) is 5.48. The summed E-state index contributed by atoms with van der Waals surface area (Å²) in [5.41, 5.74) is 6.61. The first-order chi connectivity index (χ1) is 8.72. The van der Waals surface area contributed by atoms with E-state index in [9.17, 15) is 0 Å². The van der Waals surface area contributed by atoms with Crippen LogP contribution < -0.4 is 10.5 Å². The summed E-state index contributed by atoms with van der Waals surface area (Å²) in [7, 11) is 0. The Morgan fingerprint density at radius 3 is 2.33 bits per heavy atom. The van der Waals surface area contributed by atoms with Crippen molar-refractivity contribution < 1.29 is 4.74 Å². The zero-order valence-corrected chi connectivity index (χ0v) is 10.7. The van der Waals surface area contributed by atoms with Crippen molar-refractivity contribution in [2.24, 2.45) is 0 Å². The molecule has 90 valence electrons. The van der Waals surface area contributed by atoms with Crippen molar-refractivity contribution in [3.63, 3.8) is 0 Å². The number of nitrogens with zero attached hydrogens (tertiary/aromatic N) is 1. The Bertz CT molecular complexity index is 588. The quantitative estimate of drug-likeness (QED) is 0.672. The zero-order chi connectivity index (χ0) is 13.0. The predicted octanol–water partition coefficient (Wildman–Crippen LogP) is 3.65. The lowest BCUT2D eigenvalue weighted by molar-refractivity contribution is 0.482. The summed E-state index contributed by atoms with van der Waals surface area (Å²) >= 11 is 1.68. The first kappa shape index (κ1) is 12.3. The first-order valence-corrected chi connectivity index (χ1v) is 6.57. The molecule has 2 aromatic carbocycles. The van der Waals surface area contributed by atoms with Crippen LogP contribution in [0.5, 0.6) is 11.5 Å². The Labute approximate surface area is 110 Å². The lowest BCUT2D eigenvalue weighted by Crippen LogP contribution is -1.91. The van der Waals surface area contributed by atoms with Crippen molar-refractivity contribution >= 4 is 17.4 Å². The van der Waals surface area contributed by atoms with Crippen molar-refractivity contribution in [3.8, 4) is 17.6 Å². The molecule has 0 heterocycles. The molecule has 0 radical (unpaired) electrons. The van der Waals surface area contributed by atoms with Crippen LogP contribution in [0.3, 0.4) is 0 Å². The molecule has 0 aliphatic carbocycles. The molecule has 0 aliphatic heterocycles. The van der Waals surface area contributed by atoms with Crippen LogP contribution in [0, 0.1) is 11.3 Å². The average molecular weight is 256 g/mol. The number of hydrogen-bond acceptors (Lipinski definition) is 4. The van der Waals surface area contributed by atoms with Gasteiger partial charge in [0.2, 0.25) is 0 Å². The topological polar surface area (TPSA) is 59.0 Å². The fourth-order valence-electron chi connectivity index (χ4n) is 1.49. The highest BCUT2D eigenvalue weighted by Gasteiger charge is 2.02. The largest absolute Gasteiger partial charge is 0.457 e. The lowest BCUT2D eigenvalue weighted by atomic mass is 10.2. The number of anilines is 1. The Morgan fingerprint density at radius 1 is 1.11 bits per heavy atom. The number of nitrogens with two attached hydrogens (primary N) is 1. The molecule has 0 saturated carbocycles. The second-order valence-corrected chi connectivity index (χ2v) is 4.52. The number of benzene rings is 2. The maximum atomic E-state index is 8.78. The molecule has 0 bridgehead atoms. The van der Waals surface area contributed by atoms with Crippen molar-refractivity contribution in [2.75, 3.05) is 12.0 Å². The summed E-state index contributed by atoms with van der Waals surface area (Å²) in [6.45, 7) is 0. The van der Waals surface area contributed by atoms with E-state index in [1.165, 1.54) is 4.90 Å². The average Bonchev–Trinajstić information content (AvgIpc) is 2.40. The van der Waals surface area contributed by atoms with Crippen LogP contribution in [0.4, 0.5) is 5.69 Å². The van der Waals surface area contributed by atoms with Gasteiger partial charge >= 0.3 is 0 Å². The van der Waals surface area contributed by atoms with Gasteiger partial charge in [0.25, 0.3) is 0 Å². The predicted molar refractivity (Wildman–Crippen MR) is 73.9 cm³/mol. The molecule has 2 N–H and O–H groups in total. The monoisotopic (exact) mass is 256 g/mol. The van der Waals surface area contributed by atoms with Gasteiger partial charge in [0.15, 0.2) is 0 Å². The highest BCUT2D eigenvalue weighted by atomic mass is 32.2. The van der Waals surface area contributed by atoms with Gasteiger partial charge < -0.3 is 10.5 Å². The molecule has 0 aliphatic rings. The van der Waals surface area contributed by atoms with E-state index < -0.39 is 0 Å². The molecule has 0 aromatic heterocycles. The Morgan fingerprint density at radius 2 is 1.78 bits per heavy atom. The van der Waals surface area contributed by atoms with Crippen LogP contribution in [0.15, 0.2) is 47.4 Å². The number of rotatable bonds is 3. The van der Waals surface area contributed by atoms with Gasteiger partial charge in [-0.3, -0.25) is 0 Å². The molecule has 18 heavy (non-hydrogen) atoms. The van der Waals surface area contributed by atoms with Gasteiger partial charge in [-0.1, -0.05) is 0 Å². The number of nitriles is 1. The van der Waals surface area contributed by atoms with Gasteiger partial charge in [0, 0.05) is 11.0 Å². The normalized spacial score (nSPS) is 9.78. The first-order valence-electron chi connectivity index (χ1n) is 5.34. The molecule has 0 fully saturated rings. The minimum atomic E-state index is 0.427. The maximum Gasteiger partial charge on any atom is 0.129 e. The van der Waals surface area contributed by atoms with Crippen LogP contribution >= 0.6 is 11.8 Å². The van der Waals surface area contributed by atoms with E-state index in [-0.39, 0.29) is 0 Å². The third-order valence-electron chi connectivity index (χ3n) is 2.44. The van der Waals surface area contributed by atoms with Crippen molar-refractivity contribution in [2.45, 2.75) is 4.90 Å². The minimum absolute atomic E-state index is 0.427. The third kappa shape index (κ3) is 2.76. The molecule has 0 spiro atoms. The Balaban J connectivity index is 2.18. The van der Waals surface area contributed by atoms with Gasteiger partial charge in [0.1, 0.15) is 17.6 Å². The van der Waals surface area contributed by atoms with Crippen molar-refractivity contribution in [3.05, 3.63) is 48.0 Å². The van der Waals surface area contributed by atoms with Crippen LogP contribution in [-0.2, 0) is 0 Å². The van der Waals surface area contributed by atoms with E-state index in [1.807, 2.05) is 36.6 Å². The standard InChI is InChI=1S/C14H12N2OS/c1-18-13-6-4-11(5-7-13)17-12-3-2-10(9-15)14(16)8-12/h2-8H,16H2,1H3. The van der Waals surface area contributed by atoms with E-state index >= 15 is 0 Å². The third-order valence-corrected chi connectivity index (χ3v) is 3.18. The van der Waals surface area contributed by atoms with E-state index in [0.717, 1.165) is 5.75 Å². The molecule has 3 nitrogen and oxygen atoms in total. The SMILES string of the molecule is CSc1ccc(Oc2ccc(C#N)c(N)c2)cc1. The molecule has 2 rings (SSSR count). The van der Waals surface area contributed by atoms with Crippen LogP contribution in [-0.4, -0.2) is 6.26 Å². The Hall–Kier alpha value is -2.12. The fourth-order valence-corrected chi connectivity index (χ4v) is 1.89. The highest BCUT2D eigenvalue weighted by molar-refractivity contribution is 7.98. The van der Waals surface area contributed by atoms with Crippen LogP contribution in [0.2, 0.25) is 0 Å². The number of nitrogen functional groups attached to an aromatic ring is 1. The molecular weight excluding hydrogens is 244 g/mol. The summed E-state index contributed by atoms with van der Waals surface area (Å²) in [5.74, 6) is 1.38. The zero-order valence-electron chi connectivity index (χ0n) is 9.88. The maximum absolute atomic E-state index is 8.78. The summed E-state index contributed by atoms with van der Waals surface area (Å²) < 4.78 is 5.66. The van der Waals surface area contributed by atoms with Gasteiger partial charge in [-0.15, -0.1) is 11.8 Å². The van der Waals surface area contributed by atoms with Crippen molar-refractivity contribution in [1.82, 2.24) is 0 Å². The molecule has 0 saturated heterocycles. The van der Waals surface area contributed by atoms with Crippen LogP contribution in [0.1, 0.15) is 5.56 Å². The van der Waals surface area contributed by atoms with E-state index in [1.54, 1.807) is 30.0 Å². The Kier molecular flexibility index (Phi) is 3.75. The van der Waals surface area contributed by atoms with Gasteiger partial charge in [-0.25, -0.2) is 0 Å². The van der Waals surface area contributed by atoms with E-state index in [0.29, 0.717) is 17.0 Å². The van der Waals surface area contributed by atoms with Crippen molar-refractivity contribution in [1.29, 1.82) is 5.26 Å². The molecule has 0 unspecified atom stereocenters. The minimum Gasteiger partial charge on any atom is -0.457 e. The van der Waals surface area contributed by atoms with E-state index in [4.69, 9.17) is 15.7 Å². The smallest absolute Gasteiger partial charge is 0.129 e. The summed E-state index contributed by atoms with van der Waals surface area (Å²) in [6, 6.07) is 14.9. The van der Waals surface area contributed by atoms with Gasteiger partial charge in [0.05, 0.1) is 11.3 Å². The summed E-state index contributed by atoms with van der Waals surface area (Å²) in [4.78, 5) is 1.18. The number of hydrogen-bond donors (Lipinski definition) is 1. The van der Waals surface area contributed by atoms with Crippen LogP contribution in [0.25, 0.3) is 0 Å². The molecule has 0 amide bonds. The van der Waals surface area contributed by atoms with Gasteiger partial charge in [-0.05, 0) is 42.7 Å². The molecule has 4 heteroatoms. The highest BCUT2D eigenvalue weighted by Crippen LogP contribution is 2.26.